The van der Waals surface area contributed by atoms with Gasteiger partial charge in [0.15, 0.2) is 0 Å². The van der Waals surface area contributed by atoms with E-state index in [0.717, 1.165) is 6.07 Å². The molecule has 0 atom stereocenters. The first-order valence-electron chi connectivity index (χ1n) is 3.74. The predicted molar refractivity (Wildman–Crippen MR) is 49.5 cm³/mol. The summed E-state index contributed by atoms with van der Waals surface area (Å²) in [6, 6.07) is 1.38. The van der Waals surface area contributed by atoms with Gasteiger partial charge in [0.05, 0.1) is 9.85 Å². The van der Waals surface area contributed by atoms with E-state index in [1.807, 2.05) is 0 Å². The van der Waals surface area contributed by atoms with Gasteiger partial charge in [-0.2, -0.15) is 0 Å². The van der Waals surface area contributed by atoms with Crippen molar-refractivity contribution in [3.63, 3.8) is 0 Å². The first-order chi connectivity index (χ1) is 7.36. The number of carbonyl (C=O) groups is 1. The number of carboxylic acid groups (broad SMARTS) is 1. The van der Waals surface area contributed by atoms with Crippen LogP contribution in [0.1, 0.15) is 11.8 Å². The molecule has 1 aromatic rings. The third-order valence-electron chi connectivity index (χ3n) is 1.74. The Kier molecular flexibility index (Phi) is 5.01. The Bertz CT molecular complexity index is 507. The third kappa shape index (κ3) is 2.90. The van der Waals surface area contributed by atoms with Crippen LogP contribution in [0.15, 0.2) is 12.1 Å². The van der Waals surface area contributed by atoms with E-state index >= 15 is 0 Å². The maximum Gasteiger partial charge on any atom is 1.00 e. The molecule has 0 aliphatic rings. The summed E-state index contributed by atoms with van der Waals surface area (Å²) in [5.74, 6) is -2.85. The van der Waals surface area contributed by atoms with Crippen molar-refractivity contribution >= 4 is 17.3 Å². The largest absolute Gasteiger partial charge is 1.00 e. The Labute approximate surface area is 117 Å². The van der Waals surface area contributed by atoms with Crippen LogP contribution in [0.2, 0.25) is 0 Å². The summed E-state index contributed by atoms with van der Waals surface area (Å²) in [4.78, 5) is 29.1. The normalized spacial score (nSPS) is 9.18. The zero-order valence-corrected chi connectivity index (χ0v) is 10.5. The number of hydrogen-bond donors (Lipinski definition) is 2. The van der Waals surface area contributed by atoms with Crippen LogP contribution in [0.4, 0.5) is 11.4 Å². The minimum Gasteiger partial charge on any atom is -1.00 e. The average molecular weight is 252 g/mol. The molecule has 0 bridgehead atoms. The van der Waals surface area contributed by atoms with E-state index < -0.39 is 38.5 Å². The van der Waals surface area contributed by atoms with Gasteiger partial charge in [0, 0.05) is 6.07 Å². The maximum atomic E-state index is 10.5. The fourth-order valence-electron chi connectivity index (χ4n) is 1.07. The van der Waals surface area contributed by atoms with Crippen molar-refractivity contribution in [2.45, 2.75) is 0 Å². The molecule has 0 aromatic heterocycles. The second-order valence-electron chi connectivity index (χ2n) is 2.65. The number of benzene rings is 1. The number of carboxylic acids is 1. The van der Waals surface area contributed by atoms with Crippen LogP contribution in [0, 0.1) is 20.2 Å². The minimum absolute atomic E-state index is 0. The molecule has 0 amide bonds. The number of nitrogens with zero attached hydrogens (tertiary/aromatic N) is 2. The maximum absolute atomic E-state index is 10.5. The van der Waals surface area contributed by atoms with Crippen molar-refractivity contribution in [1.82, 2.24) is 0 Å². The molecular formula is C7H5N2NaO7. The van der Waals surface area contributed by atoms with Gasteiger partial charge in [-0.15, -0.1) is 0 Å². The van der Waals surface area contributed by atoms with E-state index in [-0.39, 0.29) is 31.0 Å². The van der Waals surface area contributed by atoms with Gasteiger partial charge in [-0.3, -0.25) is 20.2 Å². The monoisotopic (exact) mass is 252 g/mol. The second-order valence-corrected chi connectivity index (χ2v) is 2.65. The van der Waals surface area contributed by atoms with Gasteiger partial charge >= 0.3 is 46.9 Å². The molecular weight excluding hydrogens is 247 g/mol. The molecule has 9 nitrogen and oxygen atoms in total. The molecule has 17 heavy (non-hydrogen) atoms. The number of nitro benzene ring substituents is 2. The zero-order chi connectivity index (χ0) is 12.5. The first-order valence-corrected chi connectivity index (χ1v) is 3.74. The summed E-state index contributed by atoms with van der Waals surface area (Å²) in [7, 11) is 0. The molecule has 0 aliphatic carbocycles. The molecule has 0 unspecified atom stereocenters. The molecule has 0 spiro atoms. The summed E-state index contributed by atoms with van der Waals surface area (Å²) in [6.45, 7) is 0. The van der Waals surface area contributed by atoms with Gasteiger partial charge in [0.2, 0.25) is 5.75 Å². The van der Waals surface area contributed by atoms with Crippen molar-refractivity contribution in [3.05, 3.63) is 37.9 Å². The van der Waals surface area contributed by atoms with Gasteiger partial charge in [0.1, 0.15) is 5.56 Å². The van der Waals surface area contributed by atoms with E-state index in [9.17, 15) is 30.1 Å². The number of aromatic hydroxyl groups is 1. The van der Waals surface area contributed by atoms with Gasteiger partial charge < -0.3 is 11.6 Å². The van der Waals surface area contributed by atoms with Gasteiger partial charge in [-0.25, -0.2) is 4.79 Å². The predicted octanol–water partition coefficient (Wildman–Crippen LogP) is -1.98. The van der Waals surface area contributed by atoms with E-state index in [4.69, 9.17) is 5.11 Å². The number of nitro groups is 2. The Hall–Kier alpha value is -1.71. The summed E-state index contributed by atoms with van der Waals surface area (Å²) in [5, 5.41) is 38.7. The number of phenols is 1. The molecule has 0 fully saturated rings. The van der Waals surface area contributed by atoms with Crippen LogP contribution in [-0.2, 0) is 0 Å². The number of rotatable bonds is 3. The smallest absolute Gasteiger partial charge is 1.00 e. The molecule has 1 aromatic carbocycles. The van der Waals surface area contributed by atoms with Crippen LogP contribution in [0.25, 0.3) is 0 Å². The molecule has 0 saturated carbocycles. The van der Waals surface area contributed by atoms with Gasteiger partial charge in [0.25, 0.3) is 0 Å². The van der Waals surface area contributed by atoms with Crippen LogP contribution < -0.4 is 29.6 Å². The van der Waals surface area contributed by atoms with Crippen LogP contribution >= 0.6 is 0 Å². The molecule has 10 heteroatoms. The van der Waals surface area contributed by atoms with Crippen LogP contribution in [0.3, 0.4) is 0 Å². The SMILES string of the molecule is O=C(O)c1ccc([N+](=O)[O-])c([N+](=O)[O-])c1O.[H-].[Na+]. The topological polar surface area (TPSA) is 144 Å². The van der Waals surface area contributed by atoms with Crippen LogP contribution in [-0.4, -0.2) is 26.0 Å². The van der Waals surface area contributed by atoms with Crippen molar-refractivity contribution < 1.29 is 55.8 Å². The van der Waals surface area contributed by atoms with E-state index in [2.05, 4.69) is 0 Å². The fraction of sp³-hybridized carbons (Fsp3) is 0. The minimum atomic E-state index is -1.62. The van der Waals surface area contributed by atoms with Gasteiger partial charge in [-0.1, -0.05) is 0 Å². The molecule has 1 rings (SSSR count). The summed E-state index contributed by atoms with van der Waals surface area (Å²) in [5.41, 5.74) is -2.96. The fourth-order valence-corrected chi connectivity index (χ4v) is 1.07. The molecule has 0 radical (unpaired) electrons. The standard InChI is InChI=1S/C7H4N2O7.Na.H/c10-6-3(7(11)12)1-2-4(8(13)14)5(6)9(15)16;;/h1-2,10H,(H,11,12);;/q;+1;-1. The molecule has 0 aliphatic heterocycles. The van der Waals surface area contributed by atoms with Crippen molar-refractivity contribution in [1.29, 1.82) is 0 Å². The molecule has 86 valence electrons. The average Bonchev–Trinajstić information content (AvgIpc) is 2.15. The summed E-state index contributed by atoms with van der Waals surface area (Å²) < 4.78 is 0. The Morgan fingerprint density at radius 1 is 1.24 bits per heavy atom. The van der Waals surface area contributed by atoms with Crippen molar-refractivity contribution in [3.8, 4) is 5.75 Å². The Morgan fingerprint density at radius 2 is 1.76 bits per heavy atom. The van der Waals surface area contributed by atoms with Gasteiger partial charge in [-0.05, 0) is 6.07 Å². The number of aromatic carboxylic acids is 1. The van der Waals surface area contributed by atoms with E-state index in [1.54, 1.807) is 0 Å². The molecule has 2 N–H and O–H groups in total. The Morgan fingerprint density at radius 3 is 2.12 bits per heavy atom. The third-order valence-corrected chi connectivity index (χ3v) is 1.74. The summed E-state index contributed by atoms with van der Waals surface area (Å²) >= 11 is 0. The van der Waals surface area contributed by atoms with E-state index in [1.165, 1.54) is 0 Å². The van der Waals surface area contributed by atoms with Crippen LogP contribution in [0.5, 0.6) is 5.75 Å². The van der Waals surface area contributed by atoms with E-state index in [0.29, 0.717) is 6.07 Å². The zero-order valence-electron chi connectivity index (χ0n) is 9.48. The quantitative estimate of drug-likeness (QED) is 0.360. The van der Waals surface area contributed by atoms with Crippen molar-refractivity contribution in [2.24, 2.45) is 0 Å². The Balaban J connectivity index is 0. The van der Waals surface area contributed by atoms with Crippen molar-refractivity contribution in [2.75, 3.05) is 0 Å². The molecule has 0 saturated heterocycles. The first kappa shape index (κ1) is 15.3. The second kappa shape index (κ2) is 5.57. The summed E-state index contributed by atoms with van der Waals surface area (Å²) in [6.07, 6.45) is 0. The molecule has 0 heterocycles. The number of hydrogen-bond acceptors (Lipinski definition) is 6.